The Bertz CT molecular complexity index is 429. The Morgan fingerprint density at radius 3 is 2.79 bits per heavy atom. The summed E-state index contributed by atoms with van der Waals surface area (Å²) in [5.41, 5.74) is 3.69. The average Bonchev–Trinajstić information content (AvgIpc) is 2.35. The normalized spacial score (nSPS) is 15.6. The minimum atomic E-state index is -4.08. The molecule has 1 aliphatic heterocycles. The van der Waals surface area contributed by atoms with Gasteiger partial charge in [-0.25, -0.2) is 0 Å². The lowest BCUT2D eigenvalue weighted by molar-refractivity contribution is -0.137. The fourth-order valence-corrected chi connectivity index (χ4v) is 2.34. The summed E-state index contributed by atoms with van der Waals surface area (Å²) in [4.78, 5) is 1.71. The SMILES string of the molecule is CN(CCC(F)(F)F)Cc1ccc2c(c1)CNCC2. The highest BCUT2D eigenvalue weighted by atomic mass is 19.4. The molecular formula is C14H19F3N2. The van der Waals surface area contributed by atoms with Crippen molar-refractivity contribution in [3.8, 4) is 0 Å². The van der Waals surface area contributed by atoms with Gasteiger partial charge in [0.25, 0.3) is 0 Å². The summed E-state index contributed by atoms with van der Waals surface area (Å²) in [5.74, 6) is 0. The Hall–Kier alpha value is -1.07. The molecule has 0 saturated heterocycles. The van der Waals surface area contributed by atoms with Gasteiger partial charge in [0.15, 0.2) is 0 Å². The van der Waals surface area contributed by atoms with Gasteiger partial charge in [0.2, 0.25) is 0 Å². The summed E-state index contributed by atoms with van der Waals surface area (Å²) < 4.78 is 36.4. The van der Waals surface area contributed by atoms with Crippen LogP contribution < -0.4 is 5.32 Å². The van der Waals surface area contributed by atoms with Crippen LogP contribution >= 0.6 is 0 Å². The number of rotatable bonds is 4. The molecule has 2 nitrogen and oxygen atoms in total. The van der Waals surface area contributed by atoms with Crippen LogP contribution in [0, 0.1) is 0 Å². The van der Waals surface area contributed by atoms with Crippen molar-refractivity contribution in [2.75, 3.05) is 20.1 Å². The Kier molecular flexibility index (Phi) is 4.47. The largest absolute Gasteiger partial charge is 0.390 e. The van der Waals surface area contributed by atoms with Crippen molar-refractivity contribution >= 4 is 0 Å². The molecule has 0 fully saturated rings. The lowest BCUT2D eigenvalue weighted by atomic mass is 9.98. The molecule has 0 atom stereocenters. The summed E-state index contributed by atoms with van der Waals surface area (Å²) in [6.07, 6.45) is -3.80. The van der Waals surface area contributed by atoms with Crippen LogP contribution in [0.5, 0.6) is 0 Å². The zero-order valence-corrected chi connectivity index (χ0v) is 11.1. The van der Waals surface area contributed by atoms with Crippen molar-refractivity contribution in [3.05, 3.63) is 34.9 Å². The van der Waals surface area contributed by atoms with Crippen LogP contribution in [0.1, 0.15) is 23.1 Å². The van der Waals surface area contributed by atoms with E-state index in [1.54, 1.807) is 11.9 Å². The van der Waals surface area contributed by atoms with Crippen LogP contribution in [0.15, 0.2) is 18.2 Å². The van der Waals surface area contributed by atoms with Gasteiger partial charge >= 0.3 is 6.18 Å². The molecule has 1 aliphatic rings. The van der Waals surface area contributed by atoms with Gasteiger partial charge in [-0.15, -0.1) is 0 Å². The molecule has 0 amide bonds. The van der Waals surface area contributed by atoms with Gasteiger partial charge in [-0.05, 0) is 36.7 Å². The Morgan fingerprint density at radius 2 is 2.05 bits per heavy atom. The zero-order chi connectivity index (χ0) is 13.9. The fraction of sp³-hybridized carbons (Fsp3) is 0.571. The minimum absolute atomic E-state index is 0.0405. The quantitative estimate of drug-likeness (QED) is 0.906. The Labute approximate surface area is 111 Å². The van der Waals surface area contributed by atoms with E-state index in [0.717, 1.165) is 25.1 Å². The monoisotopic (exact) mass is 272 g/mol. The predicted octanol–water partition coefficient (Wildman–Crippen LogP) is 2.72. The third-order valence-electron chi connectivity index (χ3n) is 3.39. The summed E-state index contributed by atoms with van der Waals surface area (Å²) in [6.45, 7) is 2.45. The van der Waals surface area contributed by atoms with E-state index in [9.17, 15) is 13.2 Å². The van der Waals surface area contributed by atoms with Gasteiger partial charge in [-0.2, -0.15) is 13.2 Å². The number of hydrogen-bond acceptors (Lipinski definition) is 2. The number of halogens is 3. The second kappa shape index (κ2) is 5.92. The molecular weight excluding hydrogens is 253 g/mol. The fourth-order valence-electron chi connectivity index (χ4n) is 2.34. The molecule has 19 heavy (non-hydrogen) atoms. The van der Waals surface area contributed by atoms with Crippen LogP contribution in [-0.2, 0) is 19.5 Å². The minimum Gasteiger partial charge on any atom is -0.312 e. The summed E-state index contributed by atoms with van der Waals surface area (Å²) in [6, 6.07) is 6.23. The van der Waals surface area contributed by atoms with Gasteiger partial charge in [-0.1, -0.05) is 18.2 Å². The first-order valence-electron chi connectivity index (χ1n) is 6.51. The number of nitrogens with one attached hydrogen (secondary N) is 1. The highest BCUT2D eigenvalue weighted by molar-refractivity contribution is 5.33. The molecule has 0 aromatic heterocycles. The second-order valence-corrected chi connectivity index (χ2v) is 5.13. The maximum atomic E-state index is 12.1. The standard InChI is InChI=1S/C14H19F3N2/c1-19(7-5-14(15,16)17)10-11-2-3-12-4-6-18-9-13(12)8-11/h2-3,8,18H,4-7,9-10H2,1H3. The van der Waals surface area contributed by atoms with Gasteiger partial charge in [0.05, 0.1) is 6.42 Å². The first kappa shape index (κ1) is 14.3. The van der Waals surface area contributed by atoms with E-state index >= 15 is 0 Å². The number of fused-ring (bicyclic) bond motifs is 1. The lowest BCUT2D eigenvalue weighted by Crippen LogP contribution is -2.25. The molecule has 0 unspecified atom stereocenters. The number of alkyl halides is 3. The van der Waals surface area contributed by atoms with E-state index in [1.807, 2.05) is 6.07 Å². The number of hydrogen-bond donors (Lipinski definition) is 1. The third-order valence-corrected chi connectivity index (χ3v) is 3.39. The number of nitrogens with zero attached hydrogens (tertiary/aromatic N) is 1. The van der Waals surface area contributed by atoms with Gasteiger partial charge in [0, 0.05) is 19.6 Å². The van der Waals surface area contributed by atoms with E-state index in [4.69, 9.17) is 0 Å². The zero-order valence-electron chi connectivity index (χ0n) is 11.1. The van der Waals surface area contributed by atoms with Gasteiger partial charge < -0.3 is 10.2 Å². The first-order valence-corrected chi connectivity index (χ1v) is 6.51. The predicted molar refractivity (Wildman–Crippen MR) is 68.9 cm³/mol. The van der Waals surface area contributed by atoms with Crippen LogP contribution in [0.2, 0.25) is 0 Å². The first-order chi connectivity index (χ1) is 8.94. The van der Waals surface area contributed by atoms with Crippen molar-refractivity contribution < 1.29 is 13.2 Å². The Balaban J connectivity index is 1.92. The maximum Gasteiger partial charge on any atom is 0.390 e. The van der Waals surface area contributed by atoms with Crippen molar-refractivity contribution in [1.29, 1.82) is 0 Å². The van der Waals surface area contributed by atoms with E-state index in [2.05, 4.69) is 17.4 Å². The average molecular weight is 272 g/mol. The number of benzene rings is 1. The van der Waals surface area contributed by atoms with Crippen LogP contribution in [0.3, 0.4) is 0 Å². The second-order valence-electron chi connectivity index (χ2n) is 5.13. The molecule has 0 radical (unpaired) electrons. The molecule has 0 aliphatic carbocycles. The highest BCUT2D eigenvalue weighted by Crippen LogP contribution is 2.21. The summed E-state index contributed by atoms with van der Waals surface area (Å²) in [7, 11) is 1.73. The lowest BCUT2D eigenvalue weighted by Gasteiger charge is -2.21. The van der Waals surface area contributed by atoms with Crippen LogP contribution in [0.4, 0.5) is 13.2 Å². The Morgan fingerprint density at radius 1 is 1.26 bits per heavy atom. The van der Waals surface area contributed by atoms with Crippen LogP contribution in [-0.4, -0.2) is 31.2 Å². The molecule has 1 N–H and O–H groups in total. The molecule has 1 aromatic carbocycles. The molecule has 1 heterocycles. The molecule has 106 valence electrons. The molecule has 1 aromatic rings. The van der Waals surface area contributed by atoms with Crippen molar-refractivity contribution in [2.45, 2.75) is 32.1 Å². The van der Waals surface area contributed by atoms with Gasteiger partial charge in [-0.3, -0.25) is 0 Å². The summed E-state index contributed by atoms with van der Waals surface area (Å²) >= 11 is 0. The van der Waals surface area contributed by atoms with E-state index in [1.165, 1.54) is 11.1 Å². The van der Waals surface area contributed by atoms with E-state index < -0.39 is 12.6 Å². The molecule has 2 rings (SSSR count). The van der Waals surface area contributed by atoms with E-state index in [-0.39, 0.29) is 6.54 Å². The molecule has 0 bridgehead atoms. The van der Waals surface area contributed by atoms with Crippen molar-refractivity contribution in [2.24, 2.45) is 0 Å². The summed E-state index contributed by atoms with van der Waals surface area (Å²) in [5, 5.41) is 3.30. The molecule has 0 saturated carbocycles. The van der Waals surface area contributed by atoms with E-state index in [0.29, 0.717) is 6.54 Å². The van der Waals surface area contributed by atoms with Crippen molar-refractivity contribution in [1.82, 2.24) is 10.2 Å². The topological polar surface area (TPSA) is 15.3 Å². The smallest absolute Gasteiger partial charge is 0.312 e. The molecule has 0 spiro atoms. The van der Waals surface area contributed by atoms with Crippen molar-refractivity contribution in [3.63, 3.8) is 0 Å². The van der Waals surface area contributed by atoms with Gasteiger partial charge in [0.1, 0.15) is 0 Å². The van der Waals surface area contributed by atoms with Crippen LogP contribution in [0.25, 0.3) is 0 Å². The third kappa shape index (κ3) is 4.51. The highest BCUT2D eigenvalue weighted by Gasteiger charge is 2.27. The molecule has 5 heteroatoms. The maximum absolute atomic E-state index is 12.1.